The number of methoxy groups -OCH3 is 1. The Labute approximate surface area is 84.4 Å². The molecule has 0 aliphatic rings. The monoisotopic (exact) mass is 203 g/mol. The molecule has 0 atom stereocenters. The van der Waals surface area contributed by atoms with Gasteiger partial charge in [0.25, 0.3) is 0 Å². The summed E-state index contributed by atoms with van der Waals surface area (Å²) in [4.78, 5) is 5.20. The van der Waals surface area contributed by atoms with Gasteiger partial charge in [0.05, 0.1) is 7.11 Å². The Kier molecular flexibility index (Phi) is 6.10. The van der Waals surface area contributed by atoms with E-state index in [9.17, 15) is 0 Å². The molecule has 0 spiro atoms. The fraction of sp³-hybridized carbons (Fsp3) is 0.333. The number of nitrogens with one attached hydrogen (secondary N) is 1. The molecule has 0 aliphatic carbocycles. The van der Waals surface area contributed by atoms with Crippen molar-refractivity contribution in [2.75, 3.05) is 13.7 Å². The first-order chi connectivity index (χ1) is 5.88. The maximum Gasteiger partial charge on any atom is 0.188 e. The Hall–Kier alpha value is -0.930. The van der Waals surface area contributed by atoms with Gasteiger partial charge in [0.1, 0.15) is 0 Å². The summed E-state index contributed by atoms with van der Waals surface area (Å²) < 4.78 is 5.08. The van der Waals surface area contributed by atoms with Gasteiger partial charge in [-0.25, -0.2) is 0 Å². The first-order valence-electron chi connectivity index (χ1n) is 3.91. The van der Waals surface area contributed by atoms with Crippen molar-refractivity contribution in [2.45, 2.75) is 6.92 Å². The number of rotatable bonds is 4. The van der Waals surface area contributed by atoms with Crippen molar-refractivity contribution in [2.24, 2.45) is 0 Å². The quantitative estimate of drug-likeness (QED) is 0.760. The fourth-order valence-corrected chi connectivity index (χ4v) is 0.853. The van der Waals surface area contributed by atoms with Crippen LogP contribution in [0.5, 0.6) is 11.5 Å². The van der Waals surface area contributed by atoms with Crippen LogP contribution >= 0.6 is 12.4 Å². The van der Waals surface area contributed by atoms with Crippen LogP contribution in [0, 0.1) is 0 Å². The molecule has 0 radical (unpaired) electrons. The molecule has 13 heavy (non-hydrogen) atoms. The summed E-state index contributed by atoms with van der Waals surface area (Å²) in [6.45, 7) is 2.73. The highest BCUT2D eigenvalue weighted by Crippen LogP contribution is 2.24. The molecule has 0 saturated heterocycles. The molecule has 0 bridgehead atoms. The third-order valence-electron chi connectivity index (χ3n) is 1.40. The van der Waals surface area contributed by atoms with Gasteiger partial charge in [0.15, 0.2) is 11.5 Å². The van der Waals surface area contributed by atoms with Crippen LogP contribution in [-0.2, 0) is 0 Å². The number of ether oxygens (including phenoxy) is 1. The largest absolute Gasteiger partial charge is 0.493 e. The second-order valence-corrected chi connectivity index (χ2v) is 2.25. The molecule has 1 aromatic rings. The van der Waals surface area contributed by atoms with Crippen LogP contribution in [0.2, 0.25) is 0 Å². The third kappa shape index (κ3) is 3.53. The zero-order valence-electron chi connectivity index (χ0n) is 7.74. The Balaban J connectivity index is 0.00000144. The van der Waals surface area contributed by atoms with Crippen LogP contribution in [0.15, 0.2) is 24.3 Å². The average molecular weight is 204 g/mol. The van der Waals surface area contributed by atoms with Crippen molar-refractivity contribution >= 4 is 12.4 Å². The van der Waals surface area contributed by atoms with Gasteiger partial charge in [-0.05, 0) is 19.1 Å². The summed E-state index contributed by atoms with van der Waals surface area (Å²) in [7, 11) is 1.62. The van der Waals surface area contributed by atoms with E-state index in [0.717, 1.165) is 12.3 Å². The summed E-state index contributed by atoms with van der Waals surface area (Å²) in [6.07, 6.45) is 0. The maximum atomic E-state index is 5.20. The minimum absolute atomic E-state index is 0. The normalized spacial score (nSPS) is 8.77. The molecule has 1 aromatic carbocycles. The molecule has 1 N–H and O–H groups in total. The number of hydrogen-bond donors (Lipinski definition) is 1. The fourth-order valence-electron chi connectivity index (χ4n) is 0.853. The Morgan fingerprint density at radius 1 is 1.23 bits per heavy atom. The standard InChI is InChI=1S/C9H13NO2.ClH/c1-3-10-12-9-7-5-4-6-8(9)11-2;/h4-7,10H,3H2,1-2H3;1H. The highest BCUT2D eigenvalue weighted by molar-refractivity contribution is 5.85. The van der Waals surface area contributed by atoms with Gasteiger partial charge in [-0.15, -0.1) is 12.4 Å². The number of hydroxylamine groups is 1. The predicted octanol–water partition coefficient (Wildman–Crippen LogP) is 2.02. The van der Waals surface area contributed by atoms with Gasteiger partial charge in [0.2, 0.25) is 0 Å². The molecule has 0 unspecified atom stereocenters. The van der Waals surface area contributed by atoms with Crippen LogP contribution < -0.4 is 15.1 Å². The Bertz CT molecular complexity index is 243. The van der Waals surface area contributed by atoms with E-state index in [1.807, 2.05) is 31.2 Å². The number of benzene rings is 1. The number of halogens is 1. The lowest BCUT2D eigenvalue weighted by molar-refractivity contribution is 0.193. The highest BCUT2D eigenvalue weighted by Gasteiger charge is 2.00. The second kappa shape index (κ2) is 6.57. The first kappa shape index (κ1) is 12.1. The zero-order chi connectivity index (χ0) is 8.81. The lowest BCUT2D eigenvalue weighted by Crippen LogP contribution is -2.17. The van der Waals surface area contributed by atoms with Crippen LogP contribution in [0.1, 0.15) is 6.92 Å². The summed E-state index contributed by atoms with van der Waals surface area (Å²) in [6, 6.07) is 7.50. The molecule has 0 amide bonds. The van der Waals surface area contributed by atoms with Crippen molar-refractivity contribution in [3.05, 3.63) is 24.3 Å². The highest BCUT2D eigenvalue weighted by atomic mass is 35.5. The van der Waals surface area contributed by atoms with E-state index in [-0.39, 0.29) is 12.4 Å². The van der Waals surface area contributed by atoms with E-state index in [1.165, 1.54) is 0 Å². The van der Waals surface area contributed by atoms with Gasteiger partial charge in [0, 0.05) is 6.54 Å². The smallest absolute Gasteiger partial charge is 0.188 e. The molecule has 0 heterocycles. The number of para-hydroxylation sites is 2. The van der Waals surface area contributed by atoms with Gasteiger partial charge in [-0.1, -0.05) is 12.1 Å². The molecular formula is C9H14ClNO2. The van der Waals surface area contributed by atoms with Crippen molar-refractivity contribution in [1.29, 1.82) is 0 Å². The van der Waals surface area contributed by atoms with Crippen molar-refractivity contribution in [3.63, 3.8) is 0 Å². The predicted molar refractivity (Wildman–Crippen MR) is 54.5 cm³/mol. The molecule has 0 aliphatic heterocycles. The minimum atomic E-state index is 0. The van der Waals surface area contributed by atoms with Crippen molar-refractivity contribution in [3.8, 4) is 11.5 Å². The Morgan fingerprint density at radius 2 is 1.85 bits per heavy atom. The first-order valence-corrected chi connectivity index (χ1v) is 3.91. The van der Waals surface area contributed by atoms with E-state index >= 15 is 0 Å². The van der Waals surface area contributed by atoms with Gasteiger partial charge in [-0.2, -0.15) is 5.48 Å². The Morgan fingerprint density at radius 3 is 2.38 bits per heavy atom. The summed E-state index contributed by atoms with van der Waals surface area (Å²) >= 11 is 0. The lowest BCUT2D eigenvalue weighted by atomic mass is 10.3. The van der Waals surface area contributed by atoms with E-state index in [1.54, 1.807) is 7.11 Å². The van der Waals surface area contributed by atoms with E-state index in [0.29, 0.717) is 5.75 Å². The van der Waals surface area contributed by atoms with E-state index < -0.39 is 0 Å². The maximum absolute atomic E-state index is 5.20. The molecule has 1 rings (SSSR count). The van der Waals surface area contributed by atoms with Gasteiger partial charge in [-0.3, -0.25) is 0 Å². The molecule has 4 heteroatoms. The van der Waals surface area contributed by atoms with Crippen molar-refractivity contribution < 1.29 is 9.57 Å². The lowest BCUT2D eigenvalue weighted by Gasteiger charge is -2.08. The average Bonchev–Trinajstić information content (AvgIpc) is 2.15. The van der Waals surface area contributed by atoms with Crippen LogP contribution in [0.25, 0.3) is 0 Å². The van der Waals surface area contributed by atoms with Gasteiger partial charge < -0.3 is 9.57 Å². The number of hydrogen-bond acceptors (Lipinski definition) is 3. The molecule has 3 nitrogen and oxygen atoms in total. The van der Waals surface area contributed by atoms with Gasteiger partial charge >= 0.3 is 0 Å². The SMILES string of the molecule is CCNOc1ccccc1OC.Cl. The molecule has 0 aromatic heterocycles. The third-order valence-corrected chi connectivity index (χ3v) is 1.40. The van der Waals surface area contributed by atoms with E-state index in [4.69, 9.17) is 9.57 Å². The van der Waals surface area contributed by atoms with Crippen LogP contribution in [-0.4, -0.2) is 13.7 Å². The topological polar surface area (TPSA) is 30.5 Å². The summed E-state index contributed by atoms with van der Waals surface area (Å²) in [5, 5.41) is 0. The van der Waals surface area contributed by atoms with Crippen LogP contribution in [0.3, 0.4) is 0 Å². The molecular weight excluding hydrogens is 190 g/mol. The summed E-state index contributed by atoms with van der Waals surface area (Å²) in [5.41, 5.74) is 2.76. The summed E-state index contributed by atoms with van der Waals surface area (Å²) in [5.74, 6) is 1.44. The second-order valence-electron chi connectivity index (χ2n) is 2.25. The molecule has 0 fully saturated rings. The zero-order valence-corrected chi connectivity index (χ0v) is 8.56. The van der Waals surface area contributed by atoms with E-state index in [2.05, 4.69) is 5.48 Å². The van der Waals surface area contributed by atoms with Crippen LogP contribution in [0.4, 0.5) is 0 Å². The molecule has 0 saturated carbocycles. The minimum Gasteiger partial charge on any atom is -0.493 e. The molecule has 74 valence electrons. The van der Waals surface area contributed by atoms with Crippen molar-refractivity contribution in [1.82, 2.24) is 5.48 Å².